The molecule has 0 saturated carbocycles. The lowest BCUT2D eigenvalue weighted by molar-refractivity contribution is -0.147. The van der Waals surface area contributed by atoms with Crippen LogP contribution in [0.3, 0.4) is 0 Å². The summed E-state index contributed by atoms with van der Waals surface area (Å²) in [4.78, 5) is 32.8. The van der Waals surface area contributed by atoms with E-state index in [1.807, 2.05) is 79.4 Å². The molecule has 0 amide bonds. The van der Waals surface area contributed by atoms with Gasteiger partial charge in [-0.1, -0.05) is 60.3 Å². The third-order valence-electron chi connectivity index (χ3n) is 5.49. The van der Waals surface area contributed by atoms with E-state index in [2.05, 4.69) is 0 Å². The summed E-state index contributed by atoms with van der Waals surface area (Å²) in [5.74, 6) is -0.934. The van der Waals surface area contributed by atoms with E-state index >= 15 is 0 Å². The third-order valence-corrected chi connectivity index (χ3v) is 9.24. The van der Waals surface area contributed by atoms with Crippen molar-refractivity contribution in [1.29, 1.82) is 0 Å². The number of para-hydroxylation sites is 1. The summed E-state index contributed by atoms with van der Waals surface area (Å²) in [5, 5.41) is 0.114. The second kappa shape index (κ2) is 8.24. The number of nitrogens with zero attached hydrogens (tertiary/aromatic N) is 2. The Morgan fingerprint density at radius 1 is 0.935 bits per heavy atom. The Balaban J connectivity index is 1.88. The van der Waals surface area contributed by atoms with Crippen molar-refractivity contribution in [2.24, 2.45) is 4.99 Å². The number of ether oxygens (including phenoxy) is 2. The first-order chi connectivity index (χ1) is 14.8. The number of esters is 2. The van der Waals surface area contributed by atoms with Crippen LogP contribution >= 0.6 is 23.5 Å². The molecule has 2 aromatic carbocycles. The molecule has 2 aliphatic heterocycles. The van der Waals surface area contributed by atoms with Gasteiger partial charge in [0.25, 0.3) is 0 Å². The number of thioether (sulfide) groups is 2. The van der Waals surface area contributed by atoms with Crippen molar-refractivity contribution in [1.82, 2.24) is 0 Å². The summed E-state index contributed by atoms with van der Waals surface area (Å²) in [6.07, 6.45) is 0. The van der Waals surface area contributed by atoms with Crippen LogP contribution in [0, 0.1) is 0 Å². The molecule has 3 atom stereocenters. The molecule has 31 heavy (non-hydrogen) atoms. The highest BCUT2D eigenvalue weighted by atomic mass is 32.2. The quantitative estimate of drug-likeness (QED) is 0.646. The van der Waals surface area contributed by atoms with Crippen LogP contribution in [0.2, 0.25) is 0 Å². The zero-order valence-corrected chi connectivity index (χ0v) is 19.4. The van der Waals surface area contributed by atoms with E-state index in [9.17, 15) is 9.59 Å². The van der Waals surface area contributed by atoms with Crippen LogP contribution in [0.15, 0.2) is 65.7 Å². The van der Waals surface area contributed by atoms with Crippen molar-refractivity contribution < 1.29 is 19.1 Å². The molecular formula is C23H24N2O4S2. The zero-order chi connectivity index (χ0) is 22.2. The number of aliphatic imine (C=N–C) groups is 1. The molecule has 0 radical (unpaired) electrons. The van der Waals surface area contributed by atoms with E-state index < -0.39 is 33.0 Å². The van der Waals surface area contributed by atoms with Crippen LogP contribution in [0.4, 0.5) is 5.69 Å². The lowest BCUT2D eigenvalue weighted by Gasteiger charge is -2.44. The van der Waals surface area contributed by atoms with Gasteiger partial charge in [0.2, 0.25) is 0 Å². The maximum atomic E-state index is 13.0. The fraction of sp³-hybridized carbons (Fsp3) is 0.348. The third kappa shape index (κ3) is 3.51. The van der Waals surface area contributed by atoms with E-state index in [0.717, 1.165) is 16.3 Å². The molecule has 2 aromatic rings. The van der Waals surface area contributed by atoms with Gasteiger partial charge in [-0.05, 0) is 26.0 Å². The Labute approximate surface area is 190 Å². The molecule has 1 fully saturated rings. The zero-order valence-electron chi connectivity index (χ0n) is 17.8. The van der Waals surface area contributed by atoms with Gasteiger partial charge in [-0.15, -0.1) is 11.8 Å². The first kappa shape index (κ1) is 21.8. The fourth-order valence-corrected chi connectivity index (χ4v) is 7.70. The number of rotatable bonds is 4. The Bertz CT molecular complexity index is 1010. The van der Waals surface area contributed by atoms with Gasteiger partial charge in [-0.25, -0.2) is 4.79 Å². The summed E-state index contributed by atoms with van der Waals surface area (Å²) in [6.45, 7) is 4.07. The number of anilines is 1. The standard InChI is InChI=1S/C23H24N2O4S2/c1-22(2)23(31-19(24-22)15-11-7-5-8-12-15)25(16-13-9-6-10-14-16)17(20(26)28-3)18(30-23)21(27)29-4/h5-14,17-18H,1-4H3/t17-,18+,23-/m1/s1. The van der Waals surface area contributed by atoms with Crippen LogP contribution in [-0.2, 0) is 19.1 Å². The lowest BCUT2D eigenvalue weighted by atomic mass is 10.0. The SMILES string of the molecule is COC(=O)[C@H]1S[C@]2(SC(c3ccccc3)=NC2(C)C)N(c2ccccc2)[C@H]1C(=O)OC. The van der Waals surface area contributed by atoms with Crippen LogP contribution in [0.25, 0.3) is 0 Å². The summed E-state index contributed by atoms with van der Waals surface area (Å²) in [6, 6.07) is 18.7. The number of methoxy groups -OCH3 is 2. The van der Waals surface area contributed by atoms with Crippen LogP contribution in [-0.4, -0.2) is 52.2 Å². The normalized spacial score (nSPS) is 26.6. The fourth-order valence-electron chi connectivity index (χ4n) is 3.99. The number of benzene rings is 2. The molecule has 0 unspecified atom stereocenters. The monoisotopic (exact) mass is 456 g/mol. The van der Waals surface area contributed by atoms with Crippen molar-refractivity contribution in [3.05, 3.63) is 66.2 Å². The smallest absolute Gasteiger partial charge is 0.330 e. The topological polar surface area (TPSA) is 68.2 Å². The molecule has 2 heterocycles. The average molecular weight is 457 g/mol. The number of carbonyl (C=O) groups excluding carboxylic acids is 2. The van der Waals surface area contributed by atoms with Crippen molar-refractivity contribution in [3.63, 3.8) is 0 Å². The molecule has 0 N–H and O–H groups in total. The molecule has 0 aliphatic carbocycles. The largest absolute Gasteiger partial charge is 0.468 e. The minimum Gasteiger partial charge on any atom is -0.468 e. The second-order valence-electron chi connectivity index (χ2n) is 7.76. The number of carbonyl (C=O) groups is 2. The lowest BCUT2D eigenvalue weighted by Crippen LogP contribution is -2.57. The van der Waals surface area contributed by atoms with E-state index in [0.29, 0.717) is 0 Å². The Morgan fingerprint density at radius 3 is 2.10 bits per heavy atom. The predicted octanol–water partition coefficient (Wildman–Crippen LogP) is 3.95. The average Bonchev–Trinajstić information content (AvgIpc) is 3.28. The maximum absolute atomic E-state index is 13.0. The molecule has 2 aliphatic rings. The van der Waals surface area contributed by atoms with Gasteiger partial charge >= 0.3 is 11.9 Å². The molecular weight excluding hydrogens is 432 g/mol. The van der Waals surface area contributed by atoms with E-state index in [-0.39, 0.29) is 0 Å². The van der Waals surface area contributed by atoms with Gasteiger partial charge in [0.05, 0.1) is 19.8 Å². The van der Waals surface area contributed by atoms with Crippen LogP contribution in [0.1, 0.15) is 19.4 Å². The van der Waals surface area contributed by atoms with Crippen LogP contribution < -0.4 is 4.90 Å². The number of hydrogen-bond donors (Lipinski definition) is 0. The first-order valence-corrected chi connectivity index (χ1v) is 11.6. The summed E-state index contributed by atoms with van der Waals surface area (Å²) in [7, 11) is 2.68. The van der Waals surface area contributed by atoms with Gasteiger partial charge in [-0.3, -0.25) is 9.79 Å². The Morgan fingerprint density at radius 2 is 1.52 bits per heavy atom. The summed E-state index contributed by atoms with van der Waals surface area (Å²) in [5.41, 5.74) is 1.20. The number of hydrogen-bond acceptors (Lipinski definition) is 8. The molecule has 0 aromatic heterocycles. The first-order valence-electron chi connectivity index (χ1n) is 9.87. The van der Waals surface area contributed by atoms with Gasteiger partial charge in [-0.2, -0.15) is 0 Å². The Kier molecular flexibility index (Phi) is 5.79. The molecule has 162 valence electrons. The maximum Gasteiger partial charge on any atom is 0.330 e. The van der Waals surface area contributed by atoms with Gasteiger partial charge in [0.1, 0.15) is 10.3 Å². The second-order valence-corrected chi connectivity index (χ2v) is 10.5. The van der Waals surface area contributed by atoms with Crippen molar-refractivity contribution in [2.75, 3.05) is 19.1 Å². The van der Waals surface area contributed by atoms with Crippen molar-refractivity contribution in [2.45, 2.75) is 34.9 Å². The summed E-state index contributed by atoms with van der Waals surface area (Å²) >= 11 is 2.98. The highest BCUT2D eigenvalue weighted by Crippen LogP contribution is 2.63. The molecule has 6 nitrogen and oxygen atoms in total. The predicted molar refractivity (Wildman–Crippen MR) is 126 cm³/mol. The van der Waals surface area contributed by atoms with Gasteiger partial charge < -0.3 is 14.4 Å². The van der Waals surface area contributed by atoms with Gasteiger partial charge in [0.15, 0.2) is 10.2 Å². The van der Waals surface area contributed by atoms with Crippen LogP contribution in [0.5, 0.6) is 0 Å². The van der Waals surface area contributed by atoms with Crippen molar-refractivity contribution in [3.8, 4) is 0 Å². The van der Waals surface area contributed by atoms with E-state index in [1.165, 1.54) is 26.0 Å². The Hall–Kier alpha value is -2.45. The molecule has 4 rings (SSSR count). The minimum absolute atomic E-state index is 0.456. The molecule has 0 bridgehead atoms. The highest BCUT2D eigenvalue weighted by molar-refractivity contribution is 8.27. The summed E-state index contributed by atoms with van der Waals surface area (Å²) < 4.78 is 9.48. The minimum atomic E-state index is -0.845. The van der Waals surface area contributed by atoms with Gasteiger partial charge in [0, 0.05) is 11.3 Å². The van der Waals surface area contributed by atoms with E-state index in [1.54, 1.807) is 11.8 Å². The molecule has 1 spiro atoms. The molecule has 1 saturated heterocycles. The van der Waals surface area contributed by atoms with E-state index in [4.69, 9.17) is 14.5 Å². The highest BCUT2D eigenvalue weighted by Gasteiger charge is 2.67. The molecule has 8 heteroatoms. The van der Waals surface area contributed by atoms with Crippen molar-refractivity contribution >= 4 is 46.2 Å².